The van der Waals surface area contributed by atoms with Gasteiger partial charge in [0.2, 0.25) is 0 Å². The average Bonchev–Trinajstić information content (AvgIpc) is 3.07. The Morgan fingerprint density at radius 3 is 2.82 bits per heavy atom. The van der Waals surface area contributed by atoms with Gasteiger partial charge in [-0.15, -0.1) is 0 Å². The van der Waals surface area contributed by atoms with Gasteiger partial charge in [-0.2, -0.15) is 0 Å². The molecule has 1 aromatic carbocycles. The van der Waals surface area contributed by atoms with E-state index in [-0.39, 0.29) is 6.42 Å². The Balaban J connectivity index is 1.95. The molecule has 1 fully saturated rings. The van der Waals surface area contributed by atoms with Gasteiger partial charge in [0.05, 0.1) is 6.42 Å². The summed E-state index contributed by atoms with van der Waals surface area (Å²) < 4.78 is 0. The van der Waals surface area contributed by atoms with E-state index in [2.05, 4.69) is 4.90 Å². The molecular formula is C13H16ClNO2. The topological polar surface area (TPSA) is 40.5 Å². The van der Waals surface area contributed by atoms with Crippen LogP contribution in [0.2, 0.25) is 5.02 Å². The van der Waals surface area contributed by atoms with Crippen molar-refractivity contribution in [2.45, 2.75) is 31.8 Å². The molecule has 4 heteroatoms. The van der Waals surface area contributed by atoms with Crippen molar-refractivity contribution in [2.24, 2.45) is 0 Å². The molecule has 0 saturated heterocycles. The zero-order valence-corrected chi connectivity index (χ0v) is 10.4. The minimum absolute atomic E-state index is 0.205. The fourth-order valence-corrected chi connectivity index (χ4v) is 2.15. The number of aliphatic carboxylic acids is 1. The van der Waals surface area contributed by atoms with E-state index >= 15 is 0 Å². The maximum Gasteiger partial charge on any atom is 0.304 e. The van der Waals surface area contributed by atoms with Crippen LogP contribution < -0.4 is 0 Å². The second-order valence-corrected chi connectivity index (χ2v) is 4.91. The molecule has 0 aliphatic heterocycles. The van der Waals surface area contributed by atoms with Crippen molar-refractivity contribution in [1.29, 1.82) is 0 Å². The Labute approximate surface area is 106 Å². The average molecular weight is 254 g/mol. The maximum absolute atomic E-state index is 10.6. The van der Waals surface area contributed by atoms with Crippen molar-refractivity contribution in [1.82, 2.24) is 4.90 Å². The van der Waals surface area contributed by atoms with E-state index in [0.29, 0.717) is 12.6 Å². The monoisotopic (exact) mass is 253 g/mol. The molecule has 1 aromatic rings. The normalized spacial score (nSPS) is 15.2. The molecule has 92 valence electrons. The van der Waals surface area contributed by atoms with Crippen molar-refractivity contribution >= 4 is 17.6 Å². The van der Waals surface area contributed by atoms with Crippen LogP contribution in [0.25, 0.3) is 0 Å². The molecule has 1 saturated carbocycles. The molecule has 0 atom stereocenters. The van der Waals surface area contributed by atoms with Gasteiger partial charge in [0.15, 0.2) is 0 Å². The predicted octanol–water partition coefficient (Wildman–Crippen LogP) is 2.78. The van der Waals surface area contributed by atoms with E-state index < -0.39 is 5.97 Å². The lowest BCUT2D eigenvalue weighted by Gasteiger charge is -2.21. The second-order valence-electron chi connectivity index (χ2n) is 4.48. The minimum atomic E-state index is -0.734. The van der Waals surface area contributed by atoms with Crippen molar-refractivity contribution < 1.29 is 9.90 Å². The number of halogens is 1. The first kappa shape index (κ1) is 12.4. The summed E-state index contributed by atoms with van der Waals surface area (Å²) in [4.78, 5) is 12.8. The molecule has 0 spiro atoms. The SMILES string of the molecule is O=C(O)CCN(Cc1cccc(Cl)c1)C1CC1. The molecule has 2 rings (SSSR count). The van der Waals surface area contributed by atoms with Gasteiger partial charge < -0.3 is 5.11 Å². The Hall–Kier alpha value is -1.06. The van der Waals surface area contributed by atoms with E-state index in [1.54, 1.807) is 0 Å². The summed E-state index contributed by atoms with van der Waals surface area (Å²) >= 11 is 5.94. The lowest BCUT2D eigenvalue weighted by molar-refractivity contribution is -0.137. The lowest BCUT2D eigenvalue weighted by atomic mass is 10.2. The first-order valence-electron chi connectivity index (χ1n) is 5.85. The van der Waals surface area contributed by atoms with E-state index in [9.17, 15) is 4.79 Å². The molecule has 1 aliphatic carbocycles. The van der Waals surface area contributed by atoms with Crippen LogP contribution in [0.4, 0.5) is 0 Å². The Morgan fingerprint density at radius 2 is 2.24 bits per heavy atom. The number of nitrogens with zero attached hydrogens (tertiary/aromatic N) is 1. The van der Waals surface area contributed by atoms with Gasteiger partial charge in [-0.3, -0.25) is 9.69 Å². The quantitative estimate of drug-likeness (QED) is 0.848. The summed E-state index contributed by atoms with van der Waals surface area (Å²) in [5.41, 5.74) is 1.15. The minimum Gasteiger partial charge on any atom is -0.481 e. The molecule has 0 bridgehead atoms. The van der Waals surface area contributed by atoms with Gasteiger partial charge in [0.25, 0.3) is 0 Å². The summed E-state index contributed by atoms with van der Waals surface area (Å²) in [6, 6.07) is 8.32. The maximum atomic E-state index is 10.6. The van der Waals surface area contributed by atoms with E-state index in [1.807, 2.05) is 24.3 Å². The van der Waals surface area contributed by atoms with Crippen LogP contribution in [0, 0.1) is 0 Å². The summed E-state index contributed by atoms with van der Waals surface area (Å²) in [7, 11) is 0. The molecular weight excluding hydrogens is 238 g/mol. The highest BCUT2D eigenvalue weighted by molar-refractivity contribution is 6.30. The molecule has 0 heterocycles. The molecule has 1 aliphatic rings. The van der Waals surface area contributed by atoms with Gasteiger partial charge in [-0.05, 0) is 30.5 Å². The zero-order valence-electron chi connectivity index (χ0n) is 9.60. The first-order chi connectivity index (χ1) is 8.15. The van der Waals surface area contributed by atoms with E-state index in [0.717, 1.165) is 17.1 Å². The third-order valence-corrected chi connectivity index (χ3v) is 3.19. The molecule has 0 aromatic heterocycles. The fourth-order valence-electron chi connectivity index (χ4n) is 1.94. The number of benzene rings is 1. The first-order valence-corrected chi connectivity index (χ1v) is 6.23. The standard InChI is InChI=1S/C13H16ClNO2/c14-11-3-1-2-10(8-11)9-15(12-4-5-12)7-6-13(16)17/h1-3,8,12H,4-7,9H2,(H,16,17). The number of hydrogen-bond acceptors (Lipinski definition) is 2. The van der Waals surface area contributed by atoms with Crippen molar-refractivity contribution in [3.8, 4) is 0 Å². The zero-order chi connectivity index (χ0) is 12.3. The van der Waals surface area contributed by atoms with Crippen LogP contribution >= 0.6 is 11.6 Å². The molecule has 17 heavy (non-hydrogen) atoms. The Bertz CT molecular complexity index is 404. The number of carboxylic acids is 1. The smallest absolute Gasteiger partial charge is 0.304 e. The molecule has 0 amide bonds. The third-order valence-electron chi connectivity index (χ3n) is 2.95. The highest BCUT2D eigenvalue weighted by Crippen LogP contribution is 2.28. The molecule has 0 unspecified atom stereocenters. The summed E-state index contributed by atoms with van der Waals surface area (Å²) in [5, 5.41) is 9.46. The van der Waals surface area contributed by atoms with Gasteiger partial charge >= 0.3 is 5.97 Å². The van der Waals surface area contributed by atoms with Crippen LogP contribution in [0.15, 0.2) is 24.3 Å². The second kappa shape index (κ2) is 5.52. The number of carboxylic acid groups (broad SMARTS) is 1. The van der Waals surface area contributed by atoms with Crippen LogP contribution in [0.3, 0.4) is 0 Å². The summed E-state index contributed by atoms with van der Waals surface area (Å²) in [6.07, 6.45) is 2.57. The van der Waals surface area contributed by atoms with Crippen LogP contribution in [-0.2, 0) is 11.3 Å². The van der Waals surface area contributed by atoms with Crippen molar-refractivity contribution in [3.63, 3.8) is 0 Å². The molecule has 3 nitrogen and oxygen atoms in total. The Kier molecular flexibility index (Phi) is 4.02. The van der Waals surface area contributed by atoms with Crippen LogP contribution in [0.1, 0.15) is 24.8 Å². The van der Waals surface area contributed by atoms with E-state index in [1.165, 1.54) is 12.8 Å². The summed E-state index contributed by atoms with van der Waals surface area (Å²) in [5.74, 6) is -0.734. The number of hydrogen-bond donors (Lipinski definition) is 1. The third kappa shape index (κ3) is 4.02. The number of carbonyl (C=O) groups is 1. The van der Waals surface area contributed by atoms with Gasteiger partial charge in [0.1, 0.15) is 0 Å². The van der Waals surface area contributed by atoms with E-state index in [4.69, 9.17) is 16.7 Å². The van der Waals surface area contributed by atoms with Gasteiger partial charge in [-0.25, -0.2) is 0 Å². The largest absolute Gasteiger partial charge is 0.481 e. The van der Waals surface area contributed by atoms with Gasteiger partial charge in [-0.1, -0.05) is 23.7 Å². The fraction of sp³-hybridized carbons (Fsp3) is 0.462. The lowest BCUT2D eigenvalue weighted by Crippen LogP contribution is -2.28. The Morgan fingerprint density at radius 1 is 1.47 bits per heavy atom. The van der Waals surface area contributed by atoms with Crippen molar-refractivity contribution in [2.75, 3.05) is 6.54 Å². The van der Waals surface area contributed by atoms with Crippen molar-refractivity contribution in [3.05, 3.63) is 34.9 Å². The predicted molar refractivity (Wildman–Crippen MR) is 67.1 cm³/mol. The number of rotatable bonds is 6. The molecule has 1 N–H and O–H groups in total. The summed E-state index contributed by atoms with van der Waals surface area (Å²) in [6.45, 7) is 1.41. The van der Waals surface area contributed by atoms with Crippen LogP contribution in [0.5, 0.6) is 0 Å². The van der Waals surface area contributed by atoms with Gasteiger partial charge in [0, 0.05) is 24.2 Å². The highest BCUT2D eigenvalue weighted by atomic mass is 35.5. The molecule has 0 radical (unpaired) electrons. The highest BCUT2D eigenvalue weighted by Gasteiger charge is 2.28. The van der Waals surface area contributed by atoms with Crippen LogP contribution in [-0.4, -0.2) is 28.6 Å².